The van der Waals surface area contributed by atoms with Crippen molar-refractivity contribution in [3.05, 3.63) is 69.7 Å². The summed E-state index contributed by atoms with van der Waals surface area (Å²) in [6.07, 6.45) is 4.66. The first-order valence-electron chi connectivity index (χ1n) is 25.2. The van der Waals surface area contributed by atoms with E-state index < -0.39 is 59.5 Å². The second-order valence-corrected chi connectivity index (χ2v) is 20.6. The molecule has 3 atom stereocenters. The van der Waals surface area contributed by atoms with Crippen molar-refractivity contribution >= 4 is 86.3 Å². The maximum absolute atomic E-state index is 13.6. The molecule has 1 saturated heterocycles. The standard InChI is InChI=1S/C51H76BrN11O11S/c1-35(64)42(18-19-49(70)71)57-51(74)58-43(50(72)73)8-5-6-20-63(29-38-14-16-39(52)17-15-38)48(69)9-4-2-3-7-41(75)28-37-12-10-36(11-13-37)27-40-30-61(33-46(55)67)24-23-59(31-44(53)65)21-22-60(32-45(54)66)25-26-62(40)34-47(56)68/h10-17,40,42-43H,2-9,18-34H2,1H3,(H2,53,65)(H2,54,66)(H2,55,67)(H2,56,68)(H,70,71)(H,72,73)(H2,57,58,74)/t40?,42-,43-/m1/s1. The number of carboxylic acids is 2. The van der Waals surface area contributed by atoms with Crippen molar-refractivity contribution < 1.29 is 53.4 Å². The molecule has 1 aliphatic rings. The summed E-state index contributed by atoms with van der Waals surface area (Å²) in [5.74, 6) is -4.99. The van der Waals surface area contributed by atoms with Crippen LogP contribution >= 0.6 is 28.1 Å². The van der Waals surface area contributed by atoms with Crippen LogP contribution in [0.1, 0.15) is 87.8 Å². The molecule has 3 rings (SSSR count). The molecule has 0 saturated carbocycles. The molecule has 2 aromatic rings. The Hall–Kier alpha value is -5.92. The number of urea groups is 1. The van der Waals surface area contributed by atoms with Crippen LogP contribution in [0.3, 0.4) is 0 Å². The van der Waals surface area contributed by atoms with Gasteiger partial charge in [0.1, 0.15) is 6.04 Å². The van der Waals surface area contributed by atoms with Crippen molar-refractivity contribution in [1.29, 1.82) is 0 Å². The van der Waals surface area contributed by atoms with Gasteiger partial charge in [0, 0.05) is 88.7 Å². The zero-order valence-corrected chi connectivity index (χ0v) is 45.3. The van der Waals surface area contributed by atoms with Crippen molar-refractivity contribution in [1.82, 2.24) is 35.1 Å². The molecule has 414 valence electrons. The number of aliphatic carboxylic acids is 2. The fraction of sp³-hybridized carbons (Fsp3) is 0.569. The van der Waals surface area contributed by atoms with Crippen LogP contribution < -0.4 is 33.6 Å². The van der Waals surface area contributed by atoms with Gasteiger partial charge in [-0.2, -0.15) is 0 Å². The second kappa shape index (κ2) is 33.9. The van der Waals surface area contributed by atoms with Crippen LogP contribution in [0.5, 0.6) is 0 Å². The number of amides is 7. The van der Waals surface area contributed by atoms with E-state index in [2.05, 4.69) is 26.6 Å². The number of unbranched alkanes of at least 4 members (excludes halogenated alkanes) is 3. The first-order valence-corrected chi connectivity index (χ1v) is 26.4. The predicted octanol–water partition coefficient (Wildman–Crippen LogP) is 1.16. The number of nitrogens with one attached hydrogen (secondary N) is 2. The number of primary amides is 4. The topological polar surface area (TPSA) is 338 Å². The van der Waals surface area contributed by atoms with Crippen LogP contribution in [0.25, 0.3) is 0 Å². The highest BCUT2D eigenvalue weighted by molar-refractivity contribution is 9.10. The normalized spacial score (nSPS) is 16.1. The molecule has 24 heteroatoms. The number of thiocarbonyl (C=S) groups is 1. The summed E-state index contributed by atoms with van der Waals surface area (Å²) in [6.45, 7) is 4.44. The fourth-order valence-electron chi connectivity index (χ4n) is 8.80. The van der Waals surface area contributed by atoms with Crippen LogP contribution in [0, 0.1) is 0 Å². The number of halogens is 1. The van der Waals surface area contributed by atoms with E-state index in [1.54, 1.807) is 4.90 Å². The molecule has 12 N–H and O–H groups in total. The molecule has 1 fully saturated rings. The highest BCUT2D eigenvalue weighted by Crippen LogP contribution is 2.18. The summed E-state index contributed by atoms with van der Waals surface area (Å²) in [5.41, 5.74) is 25.5. The van der Waals surface area contributed by atoms with Gasteiger partial charge in [0.05, 0.1) is 32.2 Å². The van der Waals surface area contributed by atoms with E-state index >= 15 is 0 Å². The SMILES string of the molecule is CC(=O)[C@@H](CCC(=O)O)NC(=O)N[C@H](CCCCN(Cc1ccc(Br)cc1)C(=O)CCCCCC(=S)Cc1ccc(CC2CN(CC(N)=O)CCN(CC(N)=O)CCN(CC(N)=O)CCN2CC(N)=O)cc1)C(=O)O. The Kier molecular flexibility index (Phi) is 28.6. The lowest BCUT2D eigenvalue weighted by Gasteiger charge is -2.38. The summed E-state index contributed by atoms with van der Waals surface area (Å²) in [4.78, 5) is 120. The molecular formula is C51H76BrN11O11S. The summed E-state index contributed by atoms with van der Waals surface area (Å²) in [5, 5.41) is 23.5. The zero-order chi connectivity index (χ0) is 55.5. The van der Waals surface area contributed by atoms with Gasteiger partial charge in [0.2, 0.25) is 29.5 Å². The van der Waals surface area contributed by atoms with E-state index in [9.17, 15) is 48.3 Å². The van der Waals surface area contributed by atoms with Crippen LogP contribution in [0.15, 0.2) is 53.0 Å². The Morgan fingerprint density at radius 2 is 1.16 bits per heavy atom. The molecule has 0 aliphatic carbocycles. The summed E-state index contributed by atoms with van der Waals surface area (Å²) < 4.78 is 0.894. The molecular weight excluding hydrogens is 1050 g/mol. The first kappa shape index (κ1) is 63.4. The average molecular weight is 1130 g/mol. The maximum atomic E-state index is 13.6. The Morgan fingerprint density at radius 1 is 0.640 bits per heavy atom. The lowest BCUT2D eigenvalue weighted by molar-refractivity contribution is -0.139. The van der Waals surface area contributed by atoms with E-state index in [4.69, 9.17) is 40.3 Å². The lowest BCUT2D eigenvalue weighted by atomic mass is 9.99. The Bertz CT molecular complexity index is 2240. The molecule has 0 bridgehead atoms. The molecule has 1 heterocycles. The van der Waals surface area contributed by atoms with Crippen molar-refractivity contribution in [2.45, 2.75) is 109 Å². The Morgan fingerprint density at radius 3 is 1.72 bits per heavy atom. The number of hydrogen-bond donors (Lipinski definition) is 8. The van der Waals surface area contributed by atoms with Crippen molar-refractivity contribution in [2.75, 3.05) is 78.5 Å². The highest BCUT2D eigenvalue weighted by atomic mass is 79.9. The maximum Gasteiger partial charge on any atom is 0.326 e. The first-order chi connectivity index (χ1) is 35.6. The number of benzene rings is 2. The number of nitrogens with two attached hydrogens (primary N) is 4. The van der Waals surface area contributed by atoms with Gasteiger partial charge in [-0.05, 0) is 92.0 Å². The Labute approximate surface area is 452 Å². The molecule has 75 heavy (non-hydrogen) atoms. The van der Waals surface area contributed by atoms with Gasteiger partial charge in [0.15, 0.2) is 5.78 Å². The number of carbonyl (C=O) groups is 9. The summed E-state index contributed by atoms with van der Waals surface area (Å²) >= 11 is 9.24. The molecule has 1 unspecified atom stereocenters. The van der Waals surface area contributed by atoms with Gasteiger partial charge < -0.3 is 48.7 Å². The number of carboxylic acid groups (broad SMARTS) is 2. The minimum atomic E-state index is -1.27. The molecule has 0 radical (unpaired) electrons. The molecule has 2 aromatic carbocycles. The van der Waals surface area contributed by atoms with E-state index in [0.717, 1.165) is 38.9 Å². The Balaban J connectivity index is 1.58. The van der Waals surface area contributed by atoms with Gasteiger partial charge in [-0.25, -0.2) is 9.59 Å². The van der Waals surface area contributed by atoms with Gasteiger partial charge in [-0.3, -0.25) is 53.2 Å². The third-order valence-corrected chi connectivity index (χ3v) is 13.6. The quantitative estimate of drug-likeness (QED) is 0.0376. The van der Waals surface area contributed by atoms with Gasteiger partial charge in [-0.1, -0.05) is 71.0 Å². The van der Waals surface area contributed by atoms with E-state index in [1.807, 2.05) is 68.1 Å². The third-order valence-electron chi connectivity index (χ3n) is 12.7. The second-order valence-electron chi connectivity index (χ2n) is 19.1. The van der Waals surface area contributed by atoms with Crippen molar-refractivity contribution in [3.63, 3.8) is 0 Å². The number of ketones is 1. The highest BCUT2D eigenvalue weighted by Gasteiger charge is 2.28. The molecule has 1 aliphatic heterocycles. The average Bonchev–Trinajstić information content (AvgIpc) is 3.32. The van der Waals surface area contributed by atoms with Crippen LogP contribution in [-0.2, 0) is 57.7 Å². The number of nitrogens with zero attached hydrogens (tertiary/aromatic N) is 5. The largest absolute Gasteiger partial charge is 0.481 e. The van der Waals surface area contributed by atoms with Crippen molar-refractivity contribution in [2.24, 2.45) is 22.9 Å². The summed E-state index contributed by atoms with van der Waals surface area (Å²) in [7, 11) is 0. The van der Waals surface area contributed by atoms with Gasteiger partial charge >= 0.3 is 18.0 Å². The molecule has 7 amide bonds. The van der Waals surface area contributed by atoms with Crippen LogP contribution in [-0.4, -0.2) is 190 Å². The number of carbonyl (C=O) groups excluding carboxylic acids is 7. The van der Waals surface area contributed by atoms with Crippen molar-refractivity contribution in [3.8, 4) is 0 Å². The number of rotatable bonds is 32. The molecule has 0 aromatic heterocycles. The minimum Gasteiger partial charge on any atom is -0.481 e. The third kappa shape index (κ3) is 26.9. The van der Waals surface area contributed by atoms with E-state index in [0.29, 0.717) is 104 Å². The summed E-state index contributed by atoms with van der Waals surface area (Å²) in [6, 6.07) is 12.1. The molecule has 0 spiro atoms. The van der Waals surface area contributed by atoms with Gasteiger partial charge in [0.25, 0.3) is 0 Å². The minimum absolute atomic E-state index is 0.0128. The van der Waals surface area contributed by atoms with Crippen LogP contribution in [0.2, 0.25) is 0 Å². The van der Waals surface area contributed by atoms with Gasteiger partial charge in [-0.15, -0.1) is 0 Å². The van der Waals surface area contributed by atoms with E-state index in [-0.39, 0.29) is 57.4 Å². The predicted molar refractivity (Wildman–Crippen MR) is 289 cm³/mol. The fourth-order valence-corrected chi connectivity index (χ4v) is 9.37. The number of Topliss-reactive ketones (excluding diaryl/α,β-unsaturated/α-hetero) is 1. The zero-order valence-electron chi connectivity index (χ0n) is 42.9. The van der Waals surface area contributed by atoms with Crippen LogP contribution in [0.4, 0.5) is 4.79 Å². The van der Waals surface area contributed by atoms with E-state index in [1.165, 1.54) is 6.92 Å². The smallest absolute Gasteiger partial charge is 0.326 e. The molecule has 22 nitrogen and oxygen atoms in total. The monoisotopic (exact) mass is 1130 g/mol. The lowest BCUT2D eigenvalue weighted by Crippen LogP contribution is -2.54. The number of hydrogen-bond acceptors (Lipinski definition) is 14.